The molecule has 0 amide bonds. The smallest absolute Gasteiger partial charge is 0.338 e. The number of hydrogen-bond acceptors (Lipinski definition) is 3. The van der Waals surface area contributed by atoms with E-state index in [0.717, 1.165) is 42.5 Å². The maximum Gasteiger partial charge on any atom is 0.338 e. The van der Waals surface area contributed by atoms with E-state index in [0.29, 0.717) is 17.7 Å². The fourth-order valence-corrected chi connectivity index (χ4v) is 3.15. The Balaban J connectivity index is 1.43. The molecule has 4 heteroatoms. The molecule has 3 rings (SSSR count). The van der Waals surface area contributed by atoms with Crippen molar-refractivity contribution in [3.63, 3.8) is 0 Å². The fraction of sp³-hybridized carbons (Fsp3) is 0.381. The number of cyclic esters (lactones) is 1. The van der Waals surface area contributed by atoms with E-state index in [4.69, 9.17) is 4.74 Å². The van der Waals surface area contributed by atoms with Crippen LogP contribution in [-0.4, -0.2) is 18.6 Å². The predicted octanol–water partition coefficient (Wildman–Crippen LogP) is 3.96. The van der Waals surface area contributed by atoms with Crippen LogP contribution in [0, 0.1) is 12.7 Å². The number of aryl methyl sites for hydroxylation is 2. The molecule has 3 nitrogen and oxygen atoms in total. The van der Waals surface area contributed by atoms with E-state index in [1.807, 2.05) is 24.3 Å². The van der Waals surface area contributed by atoms with Gasteiger partial charge in [-0.15, -0.1) is 0 Å². The molecule has 0 saturated carbocycles. The molecular weight excluding hydrogens is 317 g/mol. The Kier molecular flexibility index (Phi) is 5.49. The predicted molar refractivity (Wildman–Crippen MR) is 96.2 cm³/mol. The lowest BCUT2D eigenvalue weighted by Crippen LogP contribution is -2.29. The van der Waals surface area contributed by atoms with Crippen LogP contribution in [0.25, 0.3) is 0 Å². The number of carbonyl (C=O) groups excluding carboxylic acids is 1. The zero-order chi connectivity index (χ0) is 17.8. The third kappa shape index (κ3) is 4.45. The first kappa shape index (κ1) is 17.6. The molecule has 0 spiro atoms. The SMILES string of the molecule is Cc1ccc(CC(C)NCCCc2ccc3c(c2)C(=O)OC3)cc1F. The lowest BCUT2D eigenvalue weighted by atomic mass is 10.0. The molecule has 0 fully saturated rings. The second-order valence-corrected chi connectivity index (χ2v) is 6.81. The van der Waals surface area contributed by atoms with E-state index in [1.54, 1.807) is 13.0 Å². The number of esters is 1. The number of rotatable bonds is 7. The second kappa shape index (κ2) is 7.79. The highest BCUT2D eigenvalue weighted by Crippen LogP contribution is 2.21. The summed E-state index contributed by atoms with van der Waals surface area (Å²) in [4.78, 5) is 11.6. The van der Waals surface area contributed by atoms with Crippen LogP contribution >= 0.6 is 0 Å². The van der Waals surface area contributed by atoms with Crippen molar-refractivity contribution in [2.75, 3.05) is 6.54 Å². The van der Waals surface area contributed by atoms with Crippen molar-refractivity contribution < 1.29 is 13.9 Å². The average molecular weight is 341 g/mol. The molecule has 1 atom stereocenters. The zero-order valence-corrected chi connectivity index (χ0v) is 14.8. The van der Waals surface area contributed by atoms with Crippen molar-refractivity contribution in [3.05, 3.63) is 70.0 Å². The molecule has 2 aromatic carbocycles. The Morgan fingerprint density at radius 1 is 1.20 bits per heavy atom. The molecule has 0 aliphatic carbocycles. The van der Waals surface area contributed by atoms with Gasteiger partial charge in [0, 0.05) is 11.6 Å². The number of ether oxygens (including phenoxy) is 1. The molecule has 132 valence electrons. The molecule has 1 aliphatic rings. The first-order valence-corrected chi connectivity index (χ1v) is 8.80. The minimum atomic E-state index is -0.214. The molecule has 25 heavy (non-hydrogen) atoms. The van der Waals surface area contributed by atoms with Gasteiger partial charge in [-0.3, -0.25) is 0 Å². The topological polar surface area (TPSA) is 38.3 Å². The summed E-state index contributed by atoms with van der Waals surface area (Å²) in [6, 6.07) is 11.7. The number of halogens is 1. The third-order valence-corrected chi connectivity index (χ3v) is 4.67. The molecule has 1 N–H and O–H groups in total. The Bertz CT molecular complexity index is 772. The highest BCUT2D eigenvalue weighted by Gasteiger charge is 2.20. The van der Waals surface area contributed by atoms with Gasteiger partial charge in [0.1, 0.15) is 12.4 Å². The van der Waals surface area contributed by atoms with Gasteiger partial charge in [0.2, 0.25) is 0 Å². The van der Waals surface area contributed by atoms with Crippen LogP contribution in [0.2, 0.25) is 0 Å². The van der Waals surface area contributed by atoms with Crippen molar-refractivity contribution in [1.29, 1.82) is 0 Å². The van der Waals surface area contributed by atoms with Crippen molar-refractivity contribution in [1.82, 2.24) is 5.32 Å². The normalized spacial score (nSPS) is 14.3. The quantitative estimate of drug-likeness (QED) is 0.612. The Morgan fingerprint density at radius 3 is 2.80 bits per heavy atom. The molecular formula is C21H24FNO2. The largest absolute Gasteiger partial charge is 0.457 e. The lowest BCUT2D eigenvalue weighted by molar-refractivity contribution is 0.0535. The molecule has 0 radical (unpaired) electrons. The molecule has 1 heterocycles. The van der Waals surface area contributed by atoms with E-state index >= 15 is 0 Å². The van der Waals surface area contributed by atoms with Gasteiger partial charge in [-0.25, -0.2) is 9.18 Å². The standard InChI is InChI=1S/C21H24FNO2/c1-14-5-6-17(12-20(14)22)10-15(2)23-9-3-4-16-7-8-18-13-25-21(24)19(18)11-16/h5-8,11-12,15,23H,3-4,9-10,13H2,1-2H3. The van der Waals surface area contributed by atoms with Gasteiger partial charge in [0.05, 0.1) is 5.56 Å². The molecule has 0 bridgehead atoms. The van der Waals surface area contributed by atoms with Gasteiger partial charge in [0.25, 0.3) is 0 Å². The maximum absolute atomic E-state index is 13.6. The summed E-state index contributed by atoms with van der Waals surface area (Å²) in [5, 5.41) is 3.48. The summed E-state index contributed by atoms with van der Waals surface area (Å²) in [5.41, 5.74) is 4.54. The van der Waals surface area contributed by atoms with Gasteiger partial charge < -0.3 is 10.1 Å². The van der Waals surface area contributed by atoms with Crippen LogP contribution < -0.4 is 5.32 Å². The van der Waals surface area contributed by atoms with Gasteiger partial charge in [-0.1, -0.05) is 24.3 Å². The van der Waals surface area contributed by atoms with Crippen LogP contribution in [0.4, 0.5) is 4.39 Å². The van der Waals surface area contributed by atoms with Gasteiger partial charge in [-0.2, -0.15) is 0 Å². The van der Waals surface area contributed by atoms with Crippen LogP contribution in [-0.2, 0) is 24.2 Å². The minimum Gasteiger partial charge on any atom is -0.457 e. The second-order valence-electron chi connectivity index (χ2n) is 6.81. The Hall–Kier alpha value is -2.20. The molecule has 1 aliphatic heterocycles. The van der Waals surface area contributed by atoms with E-state index in [2.05, 4.69) is 18.3 Å². The van der Waals surface area contributed by atoms with E-state index in [-0.39, 0.29) is 17.8 Å². The summed E-state index contributed by atoms with van der Waals surface area (Å²) < 4.78 is 18.6. The first-order valence-electron chi connectivity index (χ1n) is 8.80. The van der Waals surface area contributed by atoms with Crippen molar-refractivity contribution in [3.8, 4) is 0 Å². The number of hydrogen-bond donors (Lipinski definition) is 1. The number of carbonyl (C=O) groups is 1. The van der Waals surface area contributed by atoms with Gasteiger partial charge in [0.15, 0.2) is 0 Å². The van der Waals surface area contributed by atoms with Gasteiger partial charge >= 0.3 is 5.97 Å². The first-order chi connectivity index (χ1) is 12.0. The fourth-order valence-electron chi connectivity index (χ4n) is 3.15. The van der Waals surface area contributed by atoms with Gasteiger partial charge in [-0.05, 0) is 68.5 Å². The summed E-state index contributed by atoms with van der Waals surface area (Å²) in [6.07, 6.45) is 2.71. The molecule has 2 aromatic rings. The molecule has 0 aromatic heterocycles. The highest BCUT2D eigenvalue weighted by molar-refractivity contribution is 5.93. The molecule has 1 unspecified atom stereocenters. The van der Waals surface area contributed by atoms with E-state index in [9.17, 15) is 9.18 Å². The summed E-state index contributed by atoms with van der Waals surface area (Å²) in [7, 11) is 0. The van der Waals surface area contributed by atoms with Crippen molar-refractivity contribution >= 4 is 5.97 Å². The Labute approximate surface area is 148 Å². The minimum absolute atomic E-state index is 0.139. The lowest BCUT2D eigenvalue weighted by Gasteiger charge is -2.14. The van der Waals surface area contributed by atoms with E-state index < -0.39 is 0 Å². The monoisotopic (exact) mass is 341 g/mol. The van der Waals surface area contributed by atoms with Crippen molar-refractivity contribution in [2.24, 2.45) is 0 Å². The summed E-state index contributed by atoms with van der Waals surface area (Å²) in [5.74, 6) is -0.353. The van der Waals surface area contributed by atoms with Crippen LogP contribution in [0.15, 0.2) is 36.4 Å². The third-order valence-electron chi connectivity index (χ3n) is 4.67. The summed E-state index contributed by atoms with van der Waals surface area (Å²) >= 11 is 0. The van der Waals surface area contributed by atoms with Crippen molar-refractivity contribution in [2.45, 2.75) is 45.8 Å². The summed E-state index contributed by atoms with van der Waals surface area (Å²) in [6.45, 7) is 5.17. The van der Waals surface area contributed by atoms with Crippen LogP contribution in [0.3, 0.4) is 0 Å². The van der Waals surface area contributed by atoms with Crippen LogP contribution in [0.1, 0.15) is 46.0 Å². The maximum atomic E-state index is 13.6. The highest BCUT2D eigenvalue weighted by atomic mass is 19.1. The van der Waals surface area contributed by atoms with E-state index in [1.165, 1.54) is 0 Å². The number of fused-ring (bicyclic) bond motifs is 1. The number of nitrogens with one attached hydrogen (secondary N) is 1. The molecule has 0 saturated heterocycles. The average Bonchev–Trinajstić information content (AvgIpc) is 2.96. The zero-order valence-electron chi connectivity index (χ0n) is 14.8. The number of benzene rings is 2. The van der Waals surface area contributed by atoms with Crippen LogP contribution in [0.5, 0.6) is 0 Å². The Morgan fingerprint density at radius 2 is 2.00 bits per heavy atom.